The van der Waals surface area contributed by atoms with E-state index in [1.54, 1.807) is 0 Å². The third-order valence-electron chi connectivity index (χ3n) is 5.91. The maximum absolute atomic E-state index is 6.86. The minimum atomic E-state index is -3.25. The van der Waals surface area contributed by atoms with Crippen LogP contribution in [-0.4, -0.2) is 62.1 Å². The molecule has 10 nitrogen and oxygen atoms in total. The lowest BCUT2D eigenvalue weighted by molar-refractivity contribution is -0.00789. The summed E-state index contributed by atoms with van der Waals surface area (Å²) in [6.45, 7) is 14.3. The van der Waals surface area contributed by atoms with Crippen molar-refractivity contribution in [2.45, 2.75) is 90.8 Å². The van der Waals surface area contributed by atoms with Crippen LogP contribution in [0.3, 0.4) is 0 Å². The highest BCUT2D eigenvalue weighted by molar-refractivity contribution is 7.01. The molecule has 0 aromatic carbocycles. The van der Waals surface area contributed by atoms with Crippen molar-refractivity contribution in [1.29, 1.82) is 0 Å². The number of hydrogen-bond donors (Lipinski definition) is 0. The summed E-state index contributed by atoms with van der Waals surface area (Å²) in [5, 5.41) is 0. The van der Waals surface area contributed by atoms with E-state index < -0.39 is 62.1 Å². The third kappa shape index (κ3) is 4.21. The lowest BCUT2D eigenvalue weighted by atomic mass is 11.0. The molecular formula is C14H35O10Si7. The Balaban J connectivity index is 1.98. The normalized spacial score (nSPS) is 50.0. The third-order valence-corrected chi connectivity index (χ3v) is 35.9. The Morgan fingerprint density at radius 2 is 0.613 bits per heavy atom. The van der Waals surface area contributed by atoms with Crippen LogP contribution in [0.1, 0.15) is 48.5 Å². The quantitative estimate of drug-likeness (QED) is 0.432. The Hall–Kier alpha value is 1.12. The summed E-state index contributed by atoms with van der Waals surface area (Å²) in [6, 6.07) is 4.23. The van der Waals surface area contributed by atoms with Gasteiger partial charge in [0.25, 0.3) is 0 Å². The molecule has 0 atom stereocenters. The van der Waals surface area contributed by atoms with Gasteiger partial charge in [0.2, 0.25) is 0 Å². The maximum Gasteiger partial charge on any atom is 0.478 e. The topological polar surface area (TPSA) is 92.3 Å². The summed E-state index contributed by atoms with van der Waals surface area (Å²) in [5.41, 5.74) is 0. The Morgan fingerprint density at radius 1 is 0.387 bits per heavy atom. The molecule has 31 heavy (non-hydrogen) atoms. The highest BCUT2D eigenvalue weighted by Gasteiger charge is 2.78. The van der Waals surface area contributed by atoms with Gasteiger partial charge in [-0.25, -0.2) is 0 Å². The van der Waals surface area contributed by atoms with E-state index in [2.05, 4.69) is 6.92 Å². The predicted molar refractivity (Wildman–Crippen MR) is 124 cm³/mol. The van der Waals surface area contributed by atoms with Crippen LogP contribution >= 0.6 is 0 Å². The molecule has 5 aliphatic rings. The molecule has 5 aliphatic heterocycles. The number of hydrogen-bond acceptors (Lipinski definition) is 10. The molecule has 1 radical (unpaired) electrons. The minimum Gasteiger partial charge on any atom is -0.393 e. The summed E-state index contributed by atoms with van der Waals surface area (Å²) in [5.74, 6) is 0. The molecular weight excluding hydrogens is 525 g/mol. The zero-order chi connectivity index (χ0) is 22.6. The Bertz CT molecular complexity index is 588. The SMILES string of the molecule is CC[Si]1O[Si]2(CC)O[Si]3(CC)O[Si](CC)(O2)O[Si]2(CC)O[Si](CC)(O1)O[Si](CC)(O2)O3. The zero-order valence-corrected chi connectivity index (χ0v) is 26.5. The van der Waals surface area contributed by atoms with E-state index in [0.29, 0.717) is 36.3 Å². The highest BCUT2D eigenvalue weighted by atomic mass is 28.6. The molecule has 0 N–H and O–H groups in total. The first-order valence-electron chi connectivity index (χ1n) is 11.5. The second-order valence-electron chi connectivity index (χ2n) is 7.97. The average molecular weight is 560 g/mol. The Morgan fingerprint density at radius 3 is 0.806 bits per heavy atom. The van der Waals surface area contributed by atoms with E-state index in [-0.39, 0.29) is 0 Å². The van der Waals surface area contributed by atoms with Gasteiger partial charge >= 0.3 is 62.1 Å². The first kappa shape index (κ1) is 25.2. The zero-order valence-electron chi connectivity index (χ0n) is 19.5. The smallest absolute Gasteiger partial charge is 0.393 e. The van der Waals surface area contributed by atoms with Crippen molar-refractivity contribution in [3.63, 3.8) is 0 Å². The molecule has 5 saturated heterocycles. The van der Waals surface area contributed by atoms with Crippen LogP contribution in [0.15, 0.2) is 0 Å². The van der Waals surface area contributed by atoms with Gasteiger partial charge in [-0.3, -0.25) is 0 Å². The van der Waals surface area contributed by atoms with E-state index >= 15 is 0 Å². The van der Waals surface area contributed by atoms with Crippen molar-refractivity contribution in [2.75, 3.05) is 0 Å². The van der Waals surface area contributed by atoms with Crippen molar-refractivity contribution in [3.8, 4) is 0 Å². The molecule has 0 saturated carbocycles. The lowest BCUT2D eigenvalue weighted by Crippen LogP contribution is -2.85. The summed E-state index contributed by atoms with van der Waals surface area (Å²) >= 11 is 0. The van der Waals surface area contributed by atoms with E-state index in [1.165, 1.54) is 0 Å². The van der Waals surface area contributed by atoms with Gasteiger partial charge in [-0.15, -0.1) is 0 Å². The molecule has 0 aromatic heterocycles. The standard InChI is InChI=1S/C14H35O10Si7/c1-8-25-15-26(9-2)17-28(11-4)21-29(12-5,18-26)24-31(14-7)20-27(10-3,16-25)19-30(13-6,22-31)23-28/h8-14H2,1-7H3. The highest BCUT2D eigenvalue weighted by Crippen LogP contribution is 2.49. The van der Waals surface area contributed by atoms with Crippen LogP contribution in [0.2, 0.25) is 42.3 Å². The van der Waals surface area contributed by atoms with Crippen LogP contribution in [0.25, 0.3) is 0 Å². The summed E-state index contributed by atoms with van der Waals surface area (Å²) in [7, 11) is -21.1. The van der Waals surface area contributed by atoms with Crippen molar-refractivity contribution in [2.24, 2.45) is 0 Å². The fourth-order valence-electron chi connectivity index (χ4n) is 4.08. The van der Waals surface area contributed by atoms with Gasteiger partial charge in [0.1, 0.15) is 0 Å². The molecule has 5 rings (SSSR count). The number of fused-ring (bicyclic) bond motifs is 2. The second-order valence-corrected chi connectivity index (χ2v) is 30.0. The molecule has 5 fully saturated rings. The van der Waals surface area contributed by atoms with Crippen LogP contribution in [0, 0.1) is 0 Å². The second kappa shape index (κ2) is 8.65. The van der Waals surface area contributed by atoms with Crippen LogP contribution in [0.5, 0.6) is 0 Å². The fraction of sp³-hybridized carbons (Fsp3) is 1.00. The maximum atomic E-state index is 6.86. The molecule has 0 unspecified atom stereocenters. The van der Waals surface area contributed by atoms with Gasteiger partial charge in [-0.1, -0.05) is 48.5 Å². The molecule has 0 aromatic rings. The van der Waals surface area contributed by atoms with Gasteiger partial charge in [0.05, 0.1) is 0 Å². The first-order chi connectivity index (χ1) is 14.7. The Kier molecular flexibility index (Phi) is 7.04. The molecule has 0 amide bonds. The van der Waals surface area contributed by atoms with Crippen LogP contribution in [0.4, 0.5) is 0 Å². The van der Waals surface area contributed by atoms with Gasteiger partial charge < -0.3 is 41.2 Å². The van der Waals surface area contributed by atoms with Crippen LogP contribution in [-0.2, 0) is 41.2 Å². The van der Waals surface area contributed by atoms with Crippen molar-refractivity contribution >= 4 is 62.1 Å². The first-order valence-corrected chi connectivity index (χ1v) is 24.6. The van der Waals surface area contributed by atoms with Crippen molar-refractivity contribution in [1.82, 2.24) is 0 Å². The van der Waals surface area contributed by atoms with Crippen molar-refractivity contribution < 1.29 is 41.2 Å². The van der Waals surface area contributed by atoms with Gasteiger partial charge in [0.15, 0.2) is 0 Å². The van der Waals surface area contributed by atoms with E-state index in [9.17, 15) is 0 Å². The summed E-state index contributed by atoms with van der Waals surface area (Å²) < 4.78 is 67.2. The van der Waals surface area contributed by atoms with Gasteiger partial charge in [-0.2, -0.15) is 0 Å². The summed E-state index contributed by atoms with van der Waals surface area (Å²) in [6.07, 6.45) is 0. The monoisotopic (exact) mass is 559 g/mol. The predicted octanol–water partition coefficient (Wildman–Crippen LogP) is 3.47. The molecule has 6 bridgehead atoms. The van der Waals surface area contributed by atoms with E-state index in [0.717, 1.165) is 6.04 Å². The van der Waals surface area contributed by atoms with Crippen LogP contribution < -0.4 is 0 Å². The molecule has 5 heterocycles. The van der Waals surface area contributed by atoms with Gasteiger partial charge in [-0.05, 0) is 6.04 Å². The van der Waals surface area contributed by atoms with Gasteiger partial charge in [0, 0.05) is 36.3 Å². The fourth-order valence-corrected chi connectivity index (χ4v) is 43.9. The largest absolute Gasteiger partial charge is 0.478 e. The van der Waals surface area contributed by atoms with E-state index in [1.807, 2.05) is 41.5 Å². The lowest BCUT2D eigenvalue weighted by Gasteiger charge is -2.60. The minimum absolute atomic E-state index is 0.575. The summed E-state index contributed by atoms with van der Waals surface area (Å²) in [4.78, 5) is 0. The van der Waals surface area contributed by atoms with E-state index in [4.69, 9.17) is 41.2 Å². The molecule has 179 valence electrons. The number of rotatable bonds is 7. The van der Waals surface area contributed by atoms with Crippen molar-refractivity contribution in [3.05, 3.63) is 0 Å². The molecule has 0 spiro atoms. The Labute approximate surface area is 193 Å². The molecule has 17 heteroatoms. The molecule has 0 aliphatic carbocycles. The average Bonchev–Trinajstić information content (AvgIpc) is 2.77.